The molecule has 5 rings (SSSR count). The zero-order valence-electron chi connectivity index (χ0n) is 22.1. The number of nitrogens with one attached hydrogen (secondary N) is 1. The Bertz CT molecular complexity index is 1430. The monoisotopic (exact) mass is 570 g/mol. The predicted molar refractivity (Wildman–Crippen MR) is 155 cm³/mol. The van der Waals surface area contributed by atoms with Crippen molar-refractivity contribution in [2.24, 2.45) is 11.5 Å². The number of β-lactam (4-membered cyclic amide) rings is 1. The van der Waals surface area contributed by atoms with Gasteiger partial charge in [0.2, 0.25) is 11.8 Å². The molecule has 3 aromatic carbocycles. The maximum absolute atomic E-state index is 13.9. The van der Waals surface area contributed by atoms with Gasteiger partial charge in [0.1, 0.15) is 17.1 Å². The van der Waals surface area contributed by atoms with Crippen molar-refractivity contribution in [3.63, 3.8) is 0 Å². The van der Waals surface area contributed by atoms with Crippen LogP contribution in [0.5, 0.6) is 0 Å². The van der Waals surface area contributed by atoms with Crippen molar-refractivity contribution in [2.45, 2.75) is 36.4 Å². The van der Waals surface area contributed by atoms with Crippen molar-refractivity contribution in [3.8, 4) is 0 Å². The molecule has 210 valence electrons. The summed E-state index contributed by atoms with van der Waals surface area (Å²) in [6.07, 6.45) is -0.828. The molecule has 10 heteroatoms. The van der Waals surface area contributed by atoms with Crippen LogP contribution in [0.25, 0.3) is 0 Å². The maximum Gasteiger partial charge on any atom is 0.356 e. The number of hydrogen-bond acceptors (Lipinski definition) is 7. The molecule has 3 atom stereocenters. The highest BCUT2D eigenvalue weighted by Crippen LogP contribution is 2.42. The van der Waals surface area contributed by atoms with E-state index in [1.54, 1.807) is 0 Å². The number of nitrogens with zero attached hydrogens (tertiary/aromatic N) is 1. The van der Waals surface area contributed by atoms with Crippen LogP contribution in [-0.2, 0) is 30.3 Å². The molecule has 3 unspecified atom stereocenters. The number of hydrogen-bond donors (Lipinski definition) is 3. The van der Waals surface area contributed by atoms with Crippen LogP contribution in [0.1, 0.15) is 29.2 Å². The van der Waals surface area contributed by atoms with Gasteiger partial charge in [-0.1, -0.05) is 91.0 Å². The fourth-order valence-corrected chi connectivity index (χ4v) is 6.44. The van der Waals surface area contributed by atoms with E-state index in [1.165, 1.54) is 16.7 Å². The van der Waals surface area contributed by atoms with Gasteiger partial charge in [-0.3, -0.25) is 19.3 Å². The van der Waals surface area contributed by atoms with E-state index in [9.17, 15) is 19.2 Å². The third kappa shape index (κ3) is 6.18. The minimum atomic E-state index is -0.880. The van der Waals surface area contributed by atoms with Crippen LogP contribution in [0.4, 0.5) is 0 Å². The van der Waals surface area contributed by atoms with Crippen LogP contribution < -0.4 is 16.8 Å². The number of ether oxygens (including phenoxy) is 1. The number of carbonyl (C=O) groups excluding carboxylic acids is 4. The Morgan fingerprint density at radius 1 is 0.927 bits per heavy atom. The van der Waals surface area contributed by atoms with E-state index in [0.717, 1.165) is 16.7 Å². The number of rotatable bonds is 10. The summed E-state index contributed by atoms with van der Waals surface area (Å²) >= 11 is 1.36. The minimum absolute atomic E-state index is 0.00193. The van der Waals surface area contributed by atoms with Gasteiger partial charge in [-0.05, 0) is 22.3 Å². The summed E-state index contributed by atoms with van der Waals surface area (Å²) in [6.45, 7) is 0. The third-order valence-corrected chi connectivity index (χ3v) is 8.32. The van der Waals surface area contributed by atoms with E-state index in [0.29, 0.717) is 5.57 Å². The number of benzene rings is 3. The summed E-state index contributed by atoms with van der Waals surface area (Å²) in [5.74, 6) is -1.86. The molecule has 5 N–H and O–H groups in total. The highest BCUT2D eigenvalue weighted by Gasteiger charge is 2.55. The maximum atomic E-state index is 13.9. The largest absolute Gasteiger partial charge is 0.448 e. The molecule has 2 aliphatic rings. The SMILES string of the molecule is NC(=O)CC(N)C1=C(C(=O)OC(c2ccccc2)c2ccccc2)N2C(=O)C(NC(=O)Cc3ccccc3)C2SC1. The first-order chi connectivity index (χ1) is 19.8. The number of esters is 1. The zero-order chi connectivity index (χ0) is 28.9. The van der Waals surface area contributed by atoms with Crippen LogP contribution in [0, 0.1) is 0 Å². The lowest BCUT2D eigenvalue weighted by Gasteiger charge is -2.50. The molecule has 0 saturated carbocycles. The van der Waals surface area contributed by atoms with Crippen LogP contribution >= 0.6 is 11.8 Å². The summed E-state index contributed by atoms with van der Waals surface area (Å²) in [5, 5.41) is 2.28. The van der Waals surface area contributed by atoms with Crippen molar-refractivity contribution in [2.75, 3.05) is 5.75 Å². The molecule has 9 nitrogen and oxygen atoms in total. The summed E-state index contributed by atoms with van der Waals surface area (Å²) < 4.78 is 6.08. The van der Waals surface area contributed by atoms with Crippen molar-refractivity contribution >= 4 is 35.5 Å². The molecular formula is C31H30N4O5S. The average Bonchev–Trinajstić information content (AvgIpc) is 2.98. The van der Waals surface area contributed by atoms with Crippen molar-refractivity contribution < 1.29 is 23.9 Å². The van der Waals surface area contributed by atoms with E-state index in [-0.39, 0.29) is 30.2 Å². The molecule has 0 bridgehead atoms. The van der Waals surface area contributed by atoms with Crippen molar-refractivity contribution in [1.82, 2.24) is 10.2 Å². The molecule has 0 aromatic heterocycles. The second-order valence-corrected chi connectivity index (χ2v) is 11.0. The molecule has 3 amide bonds. The van der Waals surface area contributed by atoms with Gasteiger partial charge in [0.25, 0.3) is 5.91 Å². The summed E-state index contributed by atoms with van der Waals surface area (Å²) in [5.41, 5.74) is 14.4. The number of thioether (sulfide) groups is 1. The number of primary amides is 1. The Balaban J connectivity index is 1.42. The lowest BCUT2D eigenvalue weighted by molar-refractivity contribution is -0.154. The fourth-order valence-electron chi connectivity index (χ4n) is 5.01. The second kappa shape index (κ2) is 12.4. The van der Waals surface area contributed by atoms with Crippen LogP contribution in [0.15, 0.2) is 102 Å². The quantitative estimate of drug-likeness (QED) is 0.251. The number of carbonyl (C=O) groups is 4. The highest BCUT2D eigenvalue weighted by atomic mass is 32.2. The molecule has 0 radical (unpaired) electrons. The Morgan fingerprint density at radius 3 is 2.05 bits per heavy atom. The van der Waals surface area contributed by atoms with E-state index in [1.807, 2.05) is 91.0 Å². The molecule has 2 heterocycles. The average molecular weight is 571 g/mol. The summed E-state index contributed by atoms with van der Waals surface area (Å²) in [6, 6.07) is 26.1. The predicted octanol–water partition coefficient (Wildman–Crippen LogP) is 2.42. The first kappa shape index (κ1) is 28.1. The van der Waals surface area contributed by atoms with Crippen LogP contribution in [0.2, 0.25) is 0 Å². The van der Waals surface area contributed by atoms with Gasteiger partial charge >= 0.3 is 5.97 Å². The van der Waals surface area contributed by atoms with Gasteiger partial charge in [0, 0.05) is 18.2 Å². The lowest BCUT2D eigenvalue weighted by Crippen LogP contribution is -2.71. The van der Waals surface area contributed by atoms with E-state index < -0.39 is 41.3 Å². The van der Waals surface area contributed by atoms with Crippen LogP contribution in [0.3, 0.4) is 0 Å². The molecule has 1 fully saturated rings. The van der Waals surface area contributed by atoms with Gasteiger partial charge in [-0.15, -0.1) is 11.8 Å². The second-order valence-electron chi connectivity index (χ2n) is 9.87. The van der Waals surface area contributed by atoms with Gasteiger partial charge in [0.05, 0.1) is 6.42 Å². The molecule has 0 aliphatic carbocycles. The zero-order valence-corrected chi connectivity index (χ0v) is 23.0. The standard InChI is InChI=1S/C31H30N4O5S/c32-23(17-24(33)36)22-18-41-30-26(34-25(37)16-19-10-4-1-5-11-19)29(38)35(30)27(22)31(39)40-28(20-12-6-2-7-13-20)21-14-8-3-9-15-21/h1-15,23,26,28,30H,16-18,32H2,(H2,33,36)(H,34,37). The summed E-state index contributed by atoms with van der Waals surface area (Å²) in [7, 11) is 0. The number of nitrogens with two attached hydrogens (primary N) is 2. The first-order valence-electron chi connectivity index (χ1n) is 13.2. The highest BCUT2D eigenvalue weighted by molar-refractivity contribution is 8.00. The molecule has 41 heavy (non-hydrogen) atoms. The Hall–Kier alpha value is -4.41. The van der Waals surface area contributed by atoms with Crippen molar-refractivity contribution in [3.05, 3.63) is 119 Å². The Labute approximate surface area is 241 Å². The van der Waals surface area contributed by atoms with Gasteiger partial charge < -0.3 is 21.5 Å². The normalized spacial score (nSPS) is 18.8. The molecule has 1 saturated heterocycles. The van der Waals surface area contributed by atoms with Crippen molar-refractivity contribution in [1.29, 1.82) is 0 Å². The topological polar surface area (TPSA) is 145 Å². The molecular weight excluding hydrogens is 540 g/mol. The lowest BCUT2D eigenvalue weighted by atomic mass is 9.97. The van der Waals surface area contributed by atoms with Gasteiger partial charge in [0.15, 0.2) is 6.10 Å². The van der Waals surface area contributed by atoms with E-state index in [2.05, 4.69) is 5.32 Å². The van der Waals surface area contributed by atoms with Crippen LogP contribution in [-0.4, -0.2) is 51.8 Å². The van der Waals surface area contributed by atoms with Gasteiger partial charge in [-0.2, -0.15) is 0 Å². The number of amides is 3. The molecule has 2 aliphatic heterocycles. The minimum Gasteiger partial charge on any atom is -0.448 e. The first-order valence-corrected chi connectivity index (χ1v) is 14.2. The van der Waals surface area contributed by atoms with E-state index >= 15 is 0 Å². The molecule has 0 spiro atoms. The van der Waals surface area contributed by atoms with Gasteiger partial charge in [-0.25, -0.2) is 4.79 Å². The molecule has 3 aromatic rings. The smallest absolute Gasteiger partial charge is 0.356 e. The fraction of sp³-hybridized carbons (Fsp3) is 0.226. The third-order valence-electron chi connectivity index (χ3n) is 7.01. The Kier molecular flexibility index (Phi) is 8.51. The summed E-state index contributed by atoms with van der Waals surface area (Å²) in [4.78, 5) is 53.1. The number of fused-ring (bicyclic) bond motifs is 1. The van der Waals surface area contributed by atoms with E-state index in [4.69, 9.17) is 16.2 Å². The Morgan fingerprint density at radius 2 is 1.49 bits per heavy atom.